The van der Waals surface area contributed by atoms with Crippen LogP contribution in [0, 0.1) is 5.82 Å². The molecule has 2 rings (SSSR count). The molecule has 0 saturated heterocycles. The van der Waals surface area contributed by atoms with Crippen molar-refractivity contribution in [2.45, 2.75) is 24.3 Å². The van der Waals surface area contributed by atoms with Gasteiger partial charge in [0.1, 0.15) is 5.82 Å². The van der Waals surface area contributed by atoms with Crippen molar-refractivity contribution in [1.29, 1.82) is 0 Å². The highest BCUT2D eigenvalue weighted by atomic mass is 32.2. The zero-order valence-electron chi connectivity index (χ0n) is 11.9. The van der Waals surface area contributed by atoms with E-state index < -0.39 is 0 Å². The van der Waals surface area contributed by atoms with Crippen LogP contribution in [0.15, 0.2) is 53.4 Å². The lowest BCUT2D eigenvalue weighted by molar-refractivity contribution is 0.541. The van der Waals surface area contributed by atoms with Crippen molar-refractivity contribution in [1.82, 2.24) is 5.32 Å². The molecular formula is C17H20FNS. The van der Waals surface area contributed by atoms with Crippen LogP contribution in [-0.2, 0) is 6.42 Å². The van der Waals surface area contributed by atoms with Gasteiger partial charge >= 0.3 is 0 Å². The predicted molar refractivity (Wildman–Crippen MR) is 84.7 cm³/mol. The molecule has 3 heteroatoms. The minimum atomic E-state index is -0.182. The average Bonchev–Trinajstić information content (AvgIpc) is 2.49. The topological polar surface area (TPSA) is 12.0 Å². The maximum absolute atomic E-state index is 13.0. The van der Waals surface area contributed by atoms with Crippen LogP contribution in [-0.4, -0.2) is 12.8 Å². The minimum absolute atomic E-state index is 0.182. The Labute approximate surface area is 124 Å². The van der Waals surface area contributed by atoms with Gasteiger partial charge in [-0.15, -0.1) is 11.8 Å². The highest BCUT2D eigenvalue weighted by molar-refractivity contribution is 7.98. The Bertz CT molecular complexity index is 539. The summed E-state index contributed by atoms with van der Waals surface area (Å²) < 4.78 is 13.0. The Hall–Kier alpha value is -1.32. The molecule has 0 saturated carbocycles. The lowest BCUT2D eigenvalue weighted by Crippen LogP contribution is -2.23. The van der Waals surface area contributed by atoms with Gasteiger partial charge in [-0.2, -0.15) is 0 Å². The molecule has 1 N–H and O–H groups in total. The van der Waals surface area contributed by atoms with Gasteiger partial charge in [0.05, 0.1) is 0 Å². The van der Waals surface area contributed by atoms with Crippen LogP contribution >= 0.6 is 11.8 Å². The number of halogens is 1. The summed E-state index contributed by atoms with van der Waals surface area (Å²) >= 11 is 1.76. The fourth-order valence-corrected chi connectivity index (χ4v) is 3.01. The molecule has 2 aromatic rings. The van der Waals surface area contributed by atoms with Gasteiger partial charge in [0, 0.05) is 10.9 Å². The second-order valence-electron chi connectivity index (χ2n) is 4.68. The quantitative estimate of drug-likeness (QED) is 0.789. The Kier molecular flexibility index (Phi) is 5.62. The van der Waals surface area contributed by atoms with Gasteiger partial charge in [-0.25, -0.2) is 4.39 Å². The van der Waals surface area contributed by atoms with E-state index in [1.54, 1.807) is 11.8 Å². The normalized spacial score (nSPS) is 12.3. The molecule has 0 aliphatic heterocycles. The number of likely N-dealkylation sites (N-methyl/N-ethyl adjacent to an activating group) is 1. The van der Waals surface area contributed by atoms with Crippen molar-refractivity contribution >= 4 is 11.8 Å². The number of benzene rings is 2. The van der Waals surface area contributed by atoms with Crippen molar-refractivity contribution in [3.05, 3.63) is 65.5 Å². The highest BCUT2D eigenvalue weighted by Crippen LogP contribution is 2.28. The summed E-state index contributed by atoms with van der Waals surface area (Å²) in [4.78, 5) is 1.29. The van der Waals surface area contributed by atoms with E-state index in [0.29, 0.717) is 0 Å². The summed E-state index contributed by atoms with van der Waals surface area (Å²) in [6, 6.07) is 15.5. The first kappa shape index (κ1) is 15.1. The van der Waals surface area contributed by atoms with Crippen LogP contribution in [0.25, 0.3) is 0 Å². The van der Waals surface area contributed by atoms with E-state index in [-0.39, 0.29) is 11.9 Å². The Morgan fingerprint density at radius 3 is 2.45 bits per heavy atom. The molecule has 0 bridgehead atoms. The van der Waals surface area contributed by atoms with Crippen molar-refractivity contribution in [2.24, 2.45) is 0 Å². The van der Waals surface area contributed by atoms with Crippen molar-refractivity contribution in [3.8, 4) is 0 Å². The van der Waals surface area contributed by atoms with Gasteiger partial charge in [-0.1, -0.05) is 37.3 Å². The van der Waals surface area contributed by atoms with Gasteiger partial charge in [0.2, 0.25) is 0 Å². The van der Waals surface area contributed by atoms with E-state index in [9.17, 15) is 4.39 Å². The lowest BCUT2D eigenvalue weighted by atomic mass is 9.98. The molecule has 0 aliphatic carbocycles. The third-order valence-electron chi connectivity index (χ3n) is 3.32. The van der Waals surface area contributed by atoms with E-state index in [2.05, 4.69) is 42.8 Å². The second kappa shape index (κ2) is 7.46. The predicted octanol–water partition coefficient (Wildman–Crippen LogP) is 4.44. The second-order valence-corrected chi connectivity index (χ2v) is 5.53. The minimum Gasteiger partial charge on any atom is -0.310 e. The first-order valence-electron chi connectivity index (χ1n) is 6.85. The third kappa shape index (κ3) is 3.84. The molecule has 0 aliphatic rings. The standard InChI is InChI=1S/C17H20FNS/c1-3-19-16(12-13-8-10-14(18)11-9-13)15-6-4-5-7-17(15)20-2/h4-11,16,19H,3,12H2,1-2H3. The SMILES string of the molecule is CCNC(Cc1ccc(F)cc1)c1ccccc1SC. The van der Waals surface area contributed by atoms with E-state index in [4.69, 9.17) is 0 Å². The van der Waals surface area contributed by atoms with Gasteiger partial charge < -0.3 is 5.32 Å². The highest BCUT2D eigenvalue weighted by Gasteiger charge is 2.14. The molecule has 0 spiro atoms. The molecule has 106 valence electrons. The van der Waals surface area contributed by atoms with Crippen LogP contribution in [0.3, 0.4) is 0 Å². The van der Waals surface area contributed by atoms with Gasteiger partial charge in [0.15, 0.2) is 0 Å². The van der Waals surface area contributed by atoms with Gasteiger partial charge in [-0.05, 0) is 48.5 Å². The van der Waals surface area contributed by atoms with Crippen LogP contribution < -0.4 is 5.32 Å². The monoisotopic (exact) mass is 289 g/mol. The molecule has 0 radical (unpaired) electrons. The summed E-state index contributed by atoms with van der Waals surface area (Å²) in [5.41, 5.74) is 2.46. The molecule has 1 unspecified atom stereocenters. The van der Waals surface area contributed by atoms with E-state index in [0.717, 1.165) is 18.5 Å². The molecular weight excluding hydrogens is 269 g/mol. The van der Waals surface area contributed by atoms with Crippen LogP contribution in [0.2, 0.25) is 0 Å². The van der Waals surface area contributed by atoms with E-state index >= 15 is 0 Å². The molecule has 1 atom stereocenters. The number of hydrogen-bond acceptors (Lipinski definition) is 2. The van der Waals surface area contributed by atoms with Gasteiger partial charge in [0.25, 0.3) is 0 Å². The first-order valence-corrected chi connectivity index (χ1v) is 8.07. The largest absolute Gasteiger partial charge is 0.310 e. The van der Waals surface area contributed by atoms with Crippen LogP contribution in [0.4, 0.5) is 4.39 Å². The first-order chi connectivity index (χ1) is 9.74. The van der Waals surface area contributed by atoms with Crippen LogP contribution in [0.5, 0.6) is 0 Å². The van der Waals surface area contributed by atoms with Crippen molar-refractivity contribution in [3.63, 3.8) is 0 Å². The summed E-state index contributed by atoms with van der Waals surface area (Å²) in [7, 11) is 0. The maximum Gasteiger partial charge on any atom is 0.123 e. The van der Waals surface area contributed by atoms with E-state index in [1.807, 2.05) is 12.1 Å². The summed E-state index contributed by atoms with van der Waals surface area (Å²) in [5, 5.41) is 3.53. The smallest absolute Gasteiger partial charge is 0.123 e. The van der Waals surface area contributed by atoms with Crippen molar-refractivity contribution < 1.29 is 4.39 Å². The van der Waals surface area contributed by atoms with E-state index in [1.165, 1.54) is 22.6 Å². The Morgan fingerprint density at radius 2 is 1.80 bits per heavy atom. The Balaban J connectivity index is 2.24. The molecule has 0 amide bonds. The molecule has 0 heterocycles. The number of thioether (sulfide) groups is 1. The summed E-state index contributed by atoms with van der Waals surface area (Å²) in [6.45, 7) is 3.02. The third-order valence-corrected chi connectivity index (χ3v) is 4.13. The fourth-order valence-electron chi connectivity index (χ4n) is 2.35. The number of hydrogen-bond donors (Lipinski definition) is 1. The molecule has 2 aromatic carbocycles. The average molecular weight is 289 g/mol. The van der Waals surface area contributed by atoms with Crippen molar-refractivity contribution in [2.75, 3.05) is 12.8 Å². The maximum atomic E-state index is 13.0. The molecule has 0 fully saturated rings. The zero-order valence-corrected chi connectivity index (χ0v) is 12.7. The molecule has 20 heavy (non-hydrogen) atoms. The number of nitrogens with one attached hydrogen (secondary N) is 1. The summed E-state index contributed by atoms with van der Waals surface area (Å²) in [6.07, 6.45) is 2.96. The molecule has 1 nitrogen and oxygen atoms in total. The fraction of sp³-hybridized carbons (Fsp3) is 0.294. The number of rotatable bonds is 6. The lowest BCUT2D eigenvalue weighted by Gasteiger charge is -2.21. The summed E-state index contributed by atoms with van der Waals surface area (Å²) in [5.74, 6) is -0.182. The Morgan fingerprint density at radius 1 is 1.10 bits per heavy atom. The van der Waals surface area contributed by atoms with Gasteiger partial charge in [-0.3, -0.25) is 0 Å². The zero-order chi connectivity index (χ0) is 14.4. The molecule has 0 aromatic heterocycles. The van der Waals surface area contributed by atoms with Crippen LogP contribution in [0.1, 0.15) is 24.1 Å².